The van der Waals surface area contributed by atoms with Gasteiger partial charge < -0.3 is 4.74 Å². The largest absolute Gasteiger partial charge is 0.456 e. The van der Waals surface area contributed by atoms with Crippen molar-refractivity contribution in [1.82, 2.24) is 0 Å². The van der Waals surface area contributed by atoms with Crippen molar-refractivity contribution in [1.29, 1.82) is 0 Å². The van der Waals surface area contributed by atoms with Gasteiger partial charge in [0.2, 0.25) is 0 Å². The number of alkyl halides is 3. The van der Waals surface area contributed by atoms with E-state index in [0.717, 1.165) is 19.3 Å². The van der Waals surface area contributed by atoms with Gasteiger partial charge >= 0.3 is 12.1 Å². The summed E-state index contributed by atoms with van der Waals surface area (Å²) in [5.41, 5.74) is 0. The molecule has 2 rings (SSSR count). The van der Waals surface area contributed by atoms with Crippen LogP contribution in [0.25, 0.3) is 0 Å². The summed E-state index contributed by atoms with van der Waals surface area (Å²) >= 11 is 0. The van der Waals surface area contributed by atoms with Crippen molar-refractivity contribution in [2.45, 2.75) is 32.4 Å². The predicted molar refractivity (Wildman–Crippen MR) is 50.5 cm³/mol. The molecule has 2 aliphatic rings. The molecule has 2 fully saturated rings. The summed E-state index contributed by atoms with van der Waals surface area (Å²) in [5.74, 6) is -0.0215. The fourth-order valence-corrected chi connectivity index (χ4v) is 3.24. The Morgan fingerprint density at radius 1 is 1.31 bits per heavy atom. The monoisotopic (exact) mass is 236 g/mol. The summed E-state index contributed by atoms with van der Waals surface area (Å²) in [7, 11) is 0. The van der Waals surface area contributed by atoms with E-state index in [1.807, 2.05) is 6.92 Å². The highest BCUT2D eigenvalue weighted by molar-refractivity contribution is 5.74. The van der Waals surface area contributed by atoms with Crippen LogP contribution in [0.4, 0.5) is 13.2 Å². The Morgan fingerprint density at radius 3 is 2.44 bits per heavy atom. The molecule has 2 aliphatic carbocycles. The quantitative estimate of drug-likeness (QED) is 0.689. The standard InChI is InChI=1S/C11H15F3O2/c1-6-7-2-3-8(4-7)9(6)10(15)16-5-11(12,13)14/h6-9H,2-5H2,1H3/t6-,7-,8+,9-/m1/s1. The molecule has 2 saturated carbocycles. The van der Waals surface area contributed by atoms with Gasteiger partial charge in [-0.25, -0.2) is 0 Å². The first kappa shape index (κ1) is 11.7. The molecular weight excluding hydrogens is 221 g/mol. The molecule has 2 bridgehead atoms. The molecule has 0 aliphatic heterocycles. The molecule has 0 aromatic carbocycles. The van der Waals surface area contributed by atoms with Gasteiger partial charge in [0, 0.05) is 0 Å². The lowest BCUT2D eigenvalue weighted by atomic mass is 9.80. The molecule has 0 amide bonds. The van der Waals surface area contributed by atoms with Crippen LogP contribution in [-0.2, 0) is 9.53 Å². The highest BCUT2D eigenvalue weighted by atomic mass is 19.4. The molecule has 92 valence electrons. The second kappa shape index (κ2) is 3.93. The maximum Gasteiger partial charge on any atom is 0.422 e. The van der Waals surface area contributed by atoms with Crippen molar-refractivity contribution < 1.29 is 22.7 Å². The minimum atomic E-state index is -4.42. The van der Waals surface area contributed by atoms with Crippen molar-refractivity contribution in [3.8, 4) is 0 Å². The van der Waals surface area contributed by atoms with E-state index in [2.05, 4.69) is 4.74 Å². The zero-order chi connectivity index (χ0) is 11.9. The van der Waals surface area contributed by atoms with Crippen molar-refractivity contribution in [2.75, 3.05) is 6.61 Å². The van der Waals surface area contributed by atoms with E-state index in [-0.39, 0.29) is 17.8 Å². The Bertz CT molecular complexity index is 285. The first-order chi connectivity index (χ1) is 7.38. The number of halogens is 3. The molecule has 0 aromatic heterocycles. The smallest absolute Gasteiger partial charge is 0.422 e. The fourth-order valence-electron chi connectivity index (χ4n) is 3.24. The summed E-state index contributed by atoms with van der Waals surface area (Å²) in [6, 6.07) is 0. The molecule has 0 unspecified atom stereocenters. The van der Waals surface area contributed by atoms with Crippen LogP contribution in [0.3, 0.4) is 0 Å². The van der Waals surface area contributed by atoms with E-state index in [1.165, 1.54) is 0 Å². The first-order valence-electron chi connectivity index (χ1n) is 5.62. The van der Waals surface area contributed by atoms with Crippen LogP contribution in [0.2, 0.25) is 0 Å². The van der Waals surface area contributed by atoms with Crippen molar-refractivity contribution in [2.24, 2.45) is 23.7 Å². The number of hydrogen-bond acceptors (Lipinski definition) is 2. The molecule has 4 atom stereocenters. The molecule has 5 heteroatoms. The topological polar surface area (TPSA) is 26.3 Å². The third-order valence-corrected chi connectivity index (χ3v) is 3.98. The maximum absolute atomic E-state index is 11.9. The van der Waals surface area contributed by atoms with E-state index in [1.54, 1.807) is 0 Å². The summed E-state index contributed by atoms with van der Waals surface area (Å²) in [6.07, 6.45) is -1.38. The van der Waals surface area contributed by atoms with Gasteiger partial charge in [0.05, 0.1) is 5.92 Å². The van der Waals surface area contributed by atoms with E-state index in [9.17, 15) is 18.0 Å². The fraction of sp³-hybridized carbons (Fsp3) is 0.909. The Labute approximate surface area is 92.1 Å². The average molecular weight is 236 g/mol. The summed E-state index contributed by atoms with van der Waals surface area (Å²) < 4.78 is 40.1. The second-order valence-corrected chi connectivity index (χ2v) is 4.94. The lowest BCUT2D eigenvalue weighted by molar-refractivity contribution is -0.191. The van der Waals surface area contributed by atoms with Gasteiger partial charge in [-0.05, 0) is 37.0 Å². The van der Waals surface area contributed by atoms with Gasteiger partial charge in [-0.15, -0.1) is 0 Å². The van der Waals surface area contributed by atoms with Crippen LogP contribution in [0.15, 0.2) is 0 Å². The van der Waals surface area contributed by atoms with E-state index in [4.69, 9.17) is 0 Å². The Kier molecular flexibility index (Phi) is 2.88. The van der Waals surface area contributed by atoms with Crippen LogP contribution in [-0.4, -0.2) is 18.8 Å². The summed E-state index contributed by atoms with van der Waals surface area (Å²) in [5, 5.41) is 0. The van der Waals surface area contributed by atoms with Crippen molar-refractivity contribution >= 4 is 5.97 Å². The molecule has 0 radical (unpaired) electrons. The van der Waals surface area contributed by atoms with Gasteiger partial charge in [0.1, 0.15) is 0 Å². The summed E-state index contributed by atoms with van der Waals surface area (Å²) in [6.45, 7) is 0.496. The van der Waals surface area contributed by atoms with Gasteiger partial charge in [-0.3, -0.25) is 4.79 Å². The lowest BCUT2D eigenvalue weighted by Crippen LogP contribution is -2.32. The number of carbonyl (C=O) groups excluding carboxylic acids is 1. The zero-order valence-corrected chi connectivity index (χ0v) is 9.09. The third-order valence-electron chi connectivity index (χ3n) is 3.98. The number of hydrogen-bond donors (Lipinski definition) is 0. The molecule has 0 aromatic rings. The van der Waals surface area contributed by atoms with E-state index >= 15 is 0 Å². The van der Waals surface area contributed by atoms with Crippen LogP contribution in [0.1, 0.15) is 26.2 Å². The number of carbonyl (C=O) groups is 1. The minimum absolute atomic E-state index is 0.180. The lowest BCUT2D eigenvalue weighted by Gasteiger charge is -2.26. The van der Waals surface area contributed by atoms with Crippen LogP contribution >= 0.6 is 0 Å². The van der Waals surface area contributed by atoms with Gasteiger partial charge in [-0.1, -0.05) is 6.92 Å². The SMILES string of the molecule is C[C@@H]1[C@@H]2CC[C@@H](C2)[C@@H]1C(=O)OCC(F)(F)F. The maximum atomic E-state index is 11.9. The highest BCUT2D eigenvalue weighted by Gasteiger charge is 2.49. The number of rotatable bonds is 2. The van der Waals surface area contributed by atoms with Gasteiger partial charge in [0.25, 0.3) is 0 Å². The Hall–Kier alpha value is -0.740. The molecule has 0 heterocycles. The number of ether oxygens (including phenoxy) is 1. The number of fused-ring (bicyclic) bond motifs is 2. The third kappa shape index (κ3) is 2.18. The van der Waals surface area contributed by atoms with Crippen LogP contribution in [0.5, 0.6) is 0 Å². The molecule has 0 spiro atoms. The first-order valence-corrected chi connectivity index (χ1v) is 5.62. The van der Waals surface area contributed by atoms with E-state index in [0.29, 0.717) is 5.92 Å². The molecule has 0 saturated heterocycles. The van der Waals surface area contributed by atoms with Crippen LogP contribution < -0.4 is 0 Å². The second-order valence-electron chi connectivity index (χ2n) is 4.94. The molecule has 2 nitrogen and oxygen atoms in total. The van der Waals surface area contributed by atoms with Gasteiger partial charge in [-0.2, -0.15) is 13.2 Å². The van der Waals surface area contributed by atoms with Crippen molar-refractivity contribution in [3.05, 3.63) is 0 Å². The van der Waals surface area contributed by atoms with Crippen molar-refractivity contribution in [3.63, 3.8) is 0 Å². The van der Waals surface area contributed by atoms with Gasteiger partial charge in [0.15, 0.2) is 6.61 Å². The molecular formula is C11H15F3O2. The average Bonchev–Trinajstić information content (AvgIpc) is 2.73. The highest BCUT2D eigenvalue weighted by Crippen LogP contribution is 2.52. The zero-order valence-electron chi connectivity index (χ0n) is 9.09. The Balaban J connectivity index is 1.91. The minimum Gasteiger partial charge on any atom is -0.456 e. The summed E-state index contributed by atoms with van der Waals surface area (Å²) in [4.78, 5) is 11.6. The predicted octanol–water partition coefficient (Wildman–Crippen LogP) is 2.77. The normalized spacial score (nSPS) is 37.8. The molecule has 16 heavy (non-hydrogen) atoms. The molecule has 0 N–H and O–H groups in total. The Morgan fingerprint density at radius 2 is 1.94 bits per heavy atom. The van der Waals surface area contributed by atoms with Crippen LogP contribution in [0, 0.1) is 23.7 Å². The number of esters is 1. The van der Waals surface area contributed by atoms with E-state index < -0.39 is 18.8 Å².